The van der Waals surface area contributed by atoms with Gasteiger partial charge in [-0.2, -0.15) is 5.10 Å². The fourth-order valence-electron chi connectivity index (χ4n) is 3.96. The Kier molecular flexibility index (Phi) is 6.22. The summed E-state index contributed by atoms with van der Waals surface area (Å²) in [5.41, 5.74) is 1.92. The van der Waals surface area contributed by atoms with Gasteiger partial charge in [0.05, 0.1) is 28.7 Å². The van der Waals surface area contributed by atoms with Crippen LogP contribution >= 0.6 is 0 Å². The Morgan fingerprint density at radius 2 is 1.97 bits per heavy atom. The van der Waals surface area contributed by atoms with Gasteiger partial charge in [0.15, 0.2) is 5.82 Å². The van der Waals surface area contributed by atoms with Crippen LogP contribution in [0.5, 0.6) is 0 Å². The lowest BCUT2D eigenvalue weighted by atomic mass is 10.0. The van der Waals surface area contributed by atoms with Crippen molar-refractivity contribution in [1.29, 1.82) is 0 Å². The van der Waals surface area contributed by atoms with Gasteiger partial charge in [0.1, 0.15) is 5.82 Å². The molecule has 2 N–H and O–H groups in total. The summed E-state index contributed by atoms with van der Waals surface area (Å²) < 4.78 is 40.4. The molecule has 0 atom stereocenters. The van der Waals surface area contributed by atoms with E-state index in [0.717, 1.165) is 43.1 Å². The lowest BCUT2D eigenvalue weighted by molar-refractivity contribution is 0.146. The molecule has 1 fully saturated rings. The molecule has 0 radical (unpaired) electrons. The third-order valence-electron chi connectivity index (χ3n) is 5.83. The quantitative estimate of drug-likeness (QED) is 0.611. The van der Waals surface area contributed by atoms with Crippen molar-refractivity contribution in [1.82, 2.24) is 20.5 Å². The molecule has 1 aliphatic rings. The van der Waals surface area contributed by atoms with Crippen LogP contribution in [-0.2, 0) is 6.54 Å². The molecule has 1 aromatic carbocycles. The van der Waals surface area contributed by atoms with Gasteiger partial charge < -0.3 is 15.5 Å². The summed E-state index contributed by atoms with van der Waals surface area (Å²) in [6, 6.07) is 6.53. The first-order valence-corrected chi connectivity index (χ1v) is 10.3. The van der Waals surface area contributed by atoms with Crippen LogP contribution in [0.25, 0.3) is 10.9 Å². The van der Waals surface area contributed by atoms with Crippen LogP contribution in [0.1, 0.15) is 36.1 Å². The van der Waals surface area contributed by atoms with Gasteiger partial charge in [-0.15, -0.1) is 5.10 Å². The minimum absolute atomic E-state index is 0.0109. The van der Waals surface area contributed by atoms with Crippen molar-refractivity contribution in [2.75, 3.05) is 30.4 Å². The van der Waals surface area contributed by atoms with Gasteiger partial charge >= 0.3 is 0 Å². The van der Waals surface area contributed by atoms with E-state index in [0.29, 0.717) is 23.1 Å². The molecule has 1 aliphatic heterocycles. The maximum absolute atomic E-state index is 14.4. The van der Waals surface area contributed by atoms with Crippen molar-refractivity contribution >= 4 is 22.4 Å². The van der Waals surface area contributed by atoms with E-state index in [-0.39, 0.29) is 12.1 Å². The molecular weight excluding hydrogens is 405 g/mol. The van der Waals surface area contributed by atoms with Gasteiger partial charge in [-0.05, 0) is 32.9 Å². The summed E-state index contributed by atoms with van der Waals surface area (Å²) in [6.45, 7) is 3.68. The van der Waals surface area contributed by atoms with Crippen LogP contribution in [0.3, 0.4) is 0 Å². The normalized spacial score (nSPS) is 15.1. The summed E-state index contributed by atoms with van der Waals surface area (Å²) >= 11 is 0. The molecule has 31 heavy (non-hydrogen) atoms. The minimum atomic E-state index is -2.86. The van der Waals surface area contributed by atoms with E-state index < -0.39 is 17.8 Å². The van der Waals surface area contributed by atoms with Crippen molar-refractivity contribution < 1.29 is 13.2 Å². The second-order valence-electron chi connectivity index (χ2n) is 7.75. The summed E-state index contributed by atoms with van der Waals surface area (Å²) in [5, 5.41) is 15.5. The molecule has 4 rings (SSSR count). The first-order valence-electron chi connectivity index (χ1n) is 10.3. The fourth-order valence-corrected chi connectivity index (χ4v) is 3.96. The van der Waals surface area contributed by atoms with Gasteiger partial charge in [0.2, 0.25) is 0 Å². The van der Waals surface area contributed by atoms with E-state index >= 15 is 0 Å². The van der Waals surface area contributed by atoms with Crippen molar-refractivity contribution in [3.05, 3.63) is 53.1 Å². The highest BCUT2D eigenvalue weighted by Gasteiger charge is 2.20. The summed E-state index contributed by atoms with van der Waals surface area (Å²) in [5.74, 6) is -0.456. The highest BCUT2D eigenvalue weighted by molar-refractivity contribution is 5.92. The van der Waals surface area contributed by atoms with Gasteiger partial charge in [-0.3, -0.25) is 4.98 Å². The summed E-state index contributed by atoms with van der Waals surface area (Å²) in [6.07, 6.45) is 1.07. The Hall–Kier alpha value is -2.94. The van der Waals surface area contributed by atoms with Crippen LogP contribution in [-0.4, -0.2) is 41.4 Å². The van der Waals surface area contributed by atoms with Crippen molar-refractivity contribution in [3.63, 3.8) is 0 Å². The highest BCUT2D eigenvalue weighted by Crippen LogP contribution is 2.29. The molecule has 2 aromatic heterocycles. The average molecular weight is 430 g/mol. The second kappa shape index (κ2) is 9.05. The van der Waals surface area contributed by atoms with Gasteiger partial charge in [0, 0.05) is 36.6 Å². The van der Waals surface area contributed by atoms with Crippen LogP contribution in [0.4, 0.5) is 24.7 Å². The number of aromatic nitrogens is 3. The predicted octanol–water partition coefficient (Wildman–Crippen LogP) is 4.21. The third-order valence-corrected chi connectivity index (χ3v) is 5.83. The molecule has 3 aromatic rings. The molecule has 9 heteroatoms. The molecule has 3 heterocycles. The van der Waals surface area contributed by atoms with E-state index in [9.17, 15) is 13.2 Å². The van der Waals surface area contributed by atoms with E-state index in [1.54, 1.807) is 0 Å². The largest absolute Gasteiger partial charge is 0.370 e. The number of halogens is 3. The second-order valence-corrected chi connectivity index (χ2v) is 7.75. The van der Waals surface area contributed by atoms with Gasteiger partial charge in [-0.1, -0.05) is 18.2 Å². The topological polar surface area (TPSA) is 66.0 Å². The molecule has 1 saturated heterocycles. The SMILES string of the molecule is CNC1CCN(c2cnc3c(C)nnc(NCc4cccc(C(F)F)c4F)c3c2)CC1. The maximum atomic E-state index is 14.4. The number of rotatable bonds is 6. The predicted molar refractivity (Wildman–Crippen MR) is 115 cm³/mol. The first kappa shape index (κ1) is 21.3. The molecule has 164 valence electrons. The Labute approximate surface area is 178 Å². The van der Waals surface area contributed by atoms with Crippen molar-refractivity contribution in [2.45, 2.75) is 38.8 Å². The summed E-state index contributed by atoms with van der Waals surface area (Å²) in [4.78, 5) is 6.88. The van der Waals surface area contributed by atoms with Crippen LogP contribution in [0.15, 0.2) is 30.5 Å². The first-order chi connectivity index (χ1) is 15.0. The number of hydrogen-bond acceptors (Lipinski definition) is 6. The van der Waals surface area contributed by atoms with E-state index in [4.69, 9.17) is 0 Å². The molecule has 0 amide bonds. The standard InChI is InChI=1S/C22H25F3N6/c1-13-20-18(10-16(12-27-20)31-8-6-15(26-2)7-9-31)22(30-29-13)28-11-14-4-3-5-17(19(14)23)21(24)25/h3-5,10,12,15,21,26H,6-9,11H2,1-2H3,(H,28,30). The maximum Gasteiger partial charge on any atom is 0.266 e. The molecule has 6 nitrogen and oxygen atoms in total. The molecule has 0 saturated carbocycles. The number of nitrogens with zero attached hydrogens (tertiary/aromatic N) is 4. The molecular formula is C22H25F3N6. The van der Waals surface area contributed by atoms with Crippen molar-refractivity contribution in [3.8, 4) is 0 Å². The Morgan fingerprint density at radius 3 is 2.68 bits per heavy atom. The number of hydrogen-bond donors (Lipinski definition) is 2. The molecule has 0 aliphatic carbocycles. The Balaban J connectivity index is 1.61. The van der Waals surface area contributed by atoms with Crippen LogP contribution < -0.4 is 15.5 Å². The lowest BCUT2D eigenvalue weighted by Crippen LogP contribution is -2.41. The number of aryl methyl sites for hydroxylation is 1. The number of nitrogens with one attached hydrogen (secondary N) is 2. The number of anilines is 2. The number of fused-ring (bicyclic) bond motifs is 1. The van der Waals surface area contributed by atoms with Gasteiger partial charge in [0.25, 0.3) is 6.43 Å². The zero-order valence-electron chi connectivity index (χ0n) is 17.5. The smallest absolute Gasteiger partial charge is 0.266 e. The number of pyridine rings is 1. The van der Waals surface area contributed by atoms with E-state index in [2.05, 4.69) is 30.7 Å². The molecule has 0 unspecified atom stereocenters. The lowest BCUT2D eigenvalue weighted by Gasteiger charge is -2.33. The zero-order valence-corrected chi connectivity index (χ0v) is 17.5. The van der Waals surface area contributed by atoms with E-state index in [1.807, 2.05) is 26.2 Å². The summed E-state index contributed by atoms with van der Waals surface area (Å²) in [7, 11) is 1.98. The number of piperidine rings is 1. The van der Waals surface area contributed by atoms with Crippen LogP contribution in [0, 0.1) is 12.7 Å². The van der Waals surface area contributed by atoms with Crippen molar-refractivity contribution in [2.24, 2.45) is 0 Å². The molecule has 0 bridgehead atoms. The Bertz CT molecular complexity index is 1070. The van der Waals surface area contributed by atoms with E-state index in [1.165, 1.54) is 12.1 Å². The third kappa shape index (κ3) is 4.41. The molecule has 0 spiro atoms. The average Bonchev–Trinajstić information content (AvgIpc) is 2.79. The zero-order chi connectivity index (χ0) is 22.0. The highest BCUT2D eigenvalue weighted by atomic mass is 19.3. The Morgan fingerprint density at radius 1 is 1.19 bits per heavy atom. The van der Waals surface area contributed by atoms with Gasteiger partial charge in [-0.25, -0.2) is 13.2 Å². The number of benzene rings is 1. The fraction of sp³-hybridized carbons (Fsp3) is 0.409. The van der Waals surface area contributed by atoms with Crippen LogP contribution in [0.2, 0.25) is 0 Å². The number of alkyl halides is 2. The minimum Gasteiger partial charge on any atom is -0.370 e. The monoisotopic (exact) mass is 430 g/mol.